The molecule has 1 heterocycles. The molecule has 0 saturated carbocycles. The van der Waals surface area contributed by atoms with E-state index in [9.17, 15) is 4.79 Å². The first-order valence-electron chi connectivity index (χ1n) is 4.65. The first-order valence-corrected chi connectivity index (χ1v) is 6.22. The van der Waals surface area contributed by atoms with Crippen molar-refractivity contribution < 1.29 is 4.79 Å². The van der Waals surface area contributed by atoms with Crippen molar-refractivity contribution in [3.05, 3.63) is 45.4 Å². The van der Waals surface area contributed by atoms with E-state index in [-0.39, 0.29) is 5.91 Å². The van der Waals surface area contributed by atoms with E-state index in [0.717, 1.165) is 15.0 Å². The molecule has 2 rings (SSSR count). The molecule has 1 aromatic carbocycles. The molecule has 0 unspecified atom stereocenters. The lowest BCUT2D eigenvalue weighted by Crippen LogP contribution is -2.11. The van der Waals surface area contributed by atoms with Gasteiger partial charge in [-0.2, -0.15) is 4.37 Å². The average molecular weight is 297 g/mol. The number of nitrogens with one attached hydrogen (secondary N) is 1. The van der Waals surface area contributed by atoms with E-state index in [0.29, 0.717) is 5.69 Å². The third-order valence-corrected chi connectivity index (χ3v) is 3.19. The Labute approximate surface area is 106 Å². The zero-order valence-corrected chi connectivity index (χ0v) is 10.9. The topological polar surface area (TPSA) is 42.0 Å². The number of hydrogen-bond donors (Lipinski definition) is 1. The maximum absolute atomic E-state index is 11.7. The summed E-state index contributed by atoms with van der Waals surface area (Å²) in [7, 11) is 0. The van der Waals surface area contributed by atoms with Gasteiger partial charge >= 0.3 is 0 Å². The van der Waals surface area contributed by atoms with Gasteiger partial charge in [-0.3, -0.25) is 4.79 Å². The molecule has 1 amide bonds. The number of carbonyl (C=O) groups excluding carboxylic acids is 1. The van der Waals surface area contributed by atoms with E-state index in [1.165, 1.54) is 11.5 Å². The van der Waals surface area contributed by atoms with Crippen LogP contribution in [-0.2, 0) is 0 Å². The Morgan fingerprint density at radius 2 is 2.06 bits per heavy atom. The van der Waals surface area contributed by atoms with Crippen molar-refractivity contribution in [2.75, 3.05) is 5.32 Å². The minimum atomic E-state index is -0.174. The number of halogens is 1. The highest BCUT2D eigenvalue weighted by molar-refractivity contribution is 9.10. The Bertz CT molecular complexity index is 507. The lowest BCUT2D eigenvalue weighted by atomic mass is 10.3. The van der Waals surface area contributed by atoms with Gasteiger partial charge in [0, 0.05) is 15.0 Å². The molecule has 2 aromatic rings. The highest BCUT2D eigenvalue weighted by atomic mass is 79.9. The second-order valence-electron chi connectivity index (χ2n) is 3.28. The van der Waals surface area contributed by atoms with Crippen molar-refractivity contribution in [3.63, 3.8) is 0 Å². The second-order valence-corrected chi connectivity index (χ2v) is 5.21. The fourth-order valence-corrected chi connectivity index (χ4v) is 2.01. The summed E-state index contributed by atoms with van der Waals surface area (Å²) >= 11 is 4.66. The molecule has 16 heavy (non-hydrogen) atoms. The number of nitrogens with zero attached hydrogens (tertiary/aromatic N) is 1. The minimum absolute atomic E-state index is 0.174. The lowest BCUT2D eigenvalue weighted by molar-refractivity contribution is 0.102. The number of aryl methyl sites for hydroxylation is 1. The van der Waals surface area contributed by atoms with Crippen molar-refractivity contribution in [1.82, 2.24) is 4.37 Å². The predicted octanol–water partition coefficient (Wildman–Crippen LogP) is 3.47. The molecular weight excluding hydrogens is 288 g/mol. The number of rotatable bonds is 2. The number of amides is 1. The van der Waals surface area contributed by atoms with Gasteiger partial charge in [0.05, 0.1) is 0 Å². The first kappa shape index (κ1) is 11.3. The van der Waals surface area contributed by atoms with Crippen LogP contribution in [0.1, 0.15) is 15.4 Å². The molecule has 0 saturated heterocycles. The first-order chi connectivity index (χ1) is 7.65. The molecule has 5 heteroatoms. The van der Waals surface area contributed by atoms with Gasteiger partial charge in [0.25, 0.3) is 5.91 Å². The Balaban J connectivity index is 2.10. The SMILES string of the molecule is Cc1cc(C(=O)Nc2ccc(Br)cc2)ns1. The van der Waals surface area contributed by atoms with Crippen LogP contribution in [0.5, 0.6) is 0 Å². The monoisotopic (exact) mass is 296 g/mol. The van der Waals surface area contributed by atoms with Gasteiger partial charge in [0.1, 0.15) is 5.69 Å². The Kier molecular flexibility index (Phi) is 3.36. The molecule has 0 spiro atoms. The van der Waals surface area contributed by atoms with Gasteiger partial charge in [-0.1, -0.05) is 15.9 Å². The highest BCUT2D eigenvalue weighted by Crippen LogP contribution is 2.15. The fourth-order valence-electron chi connectivity index (χ4n) is 1.20. The van der Waals surface area contributed by atoms with Crippen LogP contribution in [0.15, 0.2) is 34.8 Å². The van der Waals surface area contributed by atoms with Gasteiger partial charge in [-0.05, 0) is 48.8 Å². The largest absolute Gasteiger partial charge is 0.321 e. The molecule has 0 radical (unpaired) electrons. The van der Waals surface area contributed by atoms with Crippen LogP contribution in [0, 0.1) is 6.92 Å². The Morgan fingerprint density at radius 3 is 2.62 bits per heavy atom. The maximum Gasteiger partial charge on any atom is 0.275 e. The molecule has 0 aliphatic carbocycles. The van der Waals surface area contributed by atoms with Crippen molar-refractivity contribution in [1.29, 1.82) is 0 Å². The predicted molar refractivity (Wildman–Crippen MR) is 68.9 cm³/mol. The van der Waals surface area contributed by atoms with Crippen LogP contribution in [0.3, 0.4) is 0 Å². The van der Waals surface area contributed by atoms with Crippen molar-refractivity contribution in [3.8, 4) is 0 Å². The Hall–Kier alpha value is -1.20. The van der Waals surface area contributed by atoms with E-state index in [4.69, 9.17) is 0 Å². The van der Waals surface area contributed by atoms with E-state index < -0.39 is 0 Å². The molecule has 0 aliphatic heterocycles. The van der Waals surface area contributed by atoms with Gasteiger partial charge < -0.3 is 5.32 Å². The summed E-state index contributed by atoms with van der Waals surface area (Å²) in [5.74, 6) is -0.174. The molecule has 0 atom stereocenters. The maximum atomic E-state index is 11.7. The zero-order valence-electron chi connectivity index (χ0n) is 8.53. The number of aromatic nitrogens is 1. The highest BCUT2D eigenvalue weighted by Gasteiger charge is 2.09. The minimum Gasteiger partial charge on any atom is -0.321 e. The Morgan fingerprint density at radius 1 is 1.38 bits per heavy atom. The van der Waals surface area contributed by atoms with Gasteiger partial charge in [0.15, 0.2) is 0 Å². The summed E-state index contributed by atoms with van der Waals surface area (Å²) in [6, 6.07) is 9.20. The standard InChI is InChI=1S/C11H9BrN2OS/c1-7-6-10(14-16-7)11(15)13-9-4-2-8(12)3-5-9/h2-6H,1H3,(H,13,15). The van der Waals surface area contributed by atoms with Crippen LogP contribution in [0.2, 0.25) is 0 Å². The lowest BCUT2D eigenvalue weighted by Gasteiger charge is -2.02. The van der Waals surface area contributed by atoms with Gasteiger partial charge in [0.2, 0.25) is 0 Å². The molecule has 0 fully saturated rings. The molecule has 1 N–H and O–H groups in total. The number of anilines is 1. The third-order valence-electron chi connectivity index (χ3n) is 1.96. The third kappa shape index (κ3) is 2.68. The van der Waals surface area contributed by atoms with Gasteiger partial charge in [-0.15, -0.1) is 0 Å². The number of benzene rings is 1. The van der Waals surface area contributed by atoms with E-state index in [1.54, 1.807) is 6.07 Å². The van der Waals surface area contributed by atoms with Crippen molar-refractivity contribution >= 4 is 39.1 Å². The molecular formula is C11H9BrN2OS. The molecule has 0 aliphatic rings. The van der Waals surface area contributed by atoms with E-state index >= 15 is 0 Å². The number of hydrogen-bond acceptors (Lipinski definition) is 3. The molecule has 82 valence electrons. The van der Waals surface area contributed by atoms with Crippen LogP contribution in [0.25, 0.3) is 0 Å². The van der Waals surface area contributed by atoms with Crippen LogP contribution in [-0.4, -0.2) is 10.3 Å². The normalized spacial score (nSPS) is 10.1. The summed E-state index contributed by atoms with van der Waals surface area (Å²) < 4.78 is 5.03. The number of carbonyl (C=O) groups is 1. The molecule has 0 bridgehead atoms. The summed E-state index contributed by atoms with van der Waals surface area (Å²) in [6.45, 7) is 1.92. The fraction of sp³-hybridized carbons (Fsp3) is 0.0909. The van der Waals surface area contributed by atoms with Crippen molar-refractivity contribution in [2.24, 2.45) is 0 Å². The summed E-state index contributed by atoms with van der Waals surface area (Å²) in [5, 5.41) is 2.78. The van der Waals surface area contributed by atoms with Gasteiger partial charge in [-0.25, -0.2) is 0 Å². The van der Waals surface area contributed by atoms with Crippen LogP contribution >= 0.6 is 27.5 Å². The van der Waals surface area contributed by atoms with E-state index in [1.807, 2.05) is 31.2 Å². The van der Waals surface area contributed by atoms with Crippen molar-refractivity contribution in [2.45, 2.75) is 6.92 Å². The molecule has 1 aromatic heterocycles. The summed E-state index contributed by atoms with van der Waals surface area (Å²) in [6.07, 6.45) is 0. The second kappa shape index (κ2) is 4.76. The smallest absolute Gasteiger partial charge is 0.275 e. The van der Waals surface area contributed by atoms with E-state index in [2.05, 4.69) is 25.6 Å². The van der Waals surface area contributed by atoms with Crippen LogP contribution in [0.4, 0.5) is 5.69 Å². The average Bonchev–Trinajstić information content (AvgIpc) is 2.68. The summed E-state index contributed by atoms with van der Waals surface area (Å²) in [5.41, 5.74) is 1.23. The van der Waals surface area contributed by atoms with Crippen LogP contribution < -0.4 is 5.32 Å². The quantitative estimate of drug-likeness (QED) is 0.922. The molecule has 3 nitrogen and oxygen atoms in total. The zero-order chi connectivity index (χ0) is 11.5. The summed E-state index contributed by atoms with van der Waals surface area (Å²) in [4.78, 5) is 12.8.